The number of nitrogens with one attached hydrogen (secondary N) is 1. The van der Waals surface area contributed by atoms with Crippen LogP contribution in [-0.4, -0.2) is 26.5 Å². The average molecular weight is 325 g/mol. The number of halogens is 1. The molecular weight excluding hydrogens is 304 g/mol. The van der Waals surface area contributed by atoms with E-state index in [1.165, 1.54) is 0 Å². The third-order valence-corrected chi connectivity index (χ3v) is 4.61. The van der Waals surface area contributed by atoms with E-state index < -0.39 is 0 Å². The van der Waals surface area contributed by atoms with Gasteiger partial charge in [-0.15, -0.1) is 0 Å². The van der Waals surface area contributed by atoms with Crippen molar-refractivity contribution in [1.29, 1.82) is 0 Å². The van der Waals surface area contributed by atoms with Crippen molar-refractivity contribution < 1.29 is 4.79 Å². The molecule has 1 aromatic rings. The van der Waals surface area contributed by atoms with E-state index in [1.807, 2.05) is 44.1 Å². The summed E-state index contributed by atoms with van der Waals surface area (Å²) in [4.78, 5) is 14.6. The lowest BCUT2D eigenvalue weighted by molar-refractivity contribution is -0.132. The average Bonchev–Trinajstić information content (AvgIpc) is 2.35. The van der Waals surface area contributed by atoms with Gasteiger partial charge in [0.25, 0.3) is 0 Å². The van der Waals surface area contributed by atoms with Gasteiger partial charge in [0.1, 0.15) is 0 Å². The molecule has 0 saturated heterocycles. The van der Waals surface area contributed by atoms with Gasteiger partial charge >= 0.3 is 0 Å². The molecule has 0 atom stereocenters. The number of hydrogen-bond donors (Lipinski definition) is 1. The molecule has 1 fully saturated rings. The molecule has 1 aromatic carbocycles. The van der Waals surface area contributed by atoms with Gasteiger partial charge in [-0.3, -0.25) is 4.79 Å². The summed E-state index contributed by atoms with van der Waals surface area (Å²) < 4.78 is 1.00. The zero-order chi connectivity index (χ0) is 14.0. The minimum atomic E-state index is -0.196. The van der Waals surface area contributed by atoms with Crippen LogP contribution in [0.2, 0.25) is 0 Å². The molecular formula is C15H21BrN2O. The highest BCUT2D eigenvalue weighted by Crippen LogP contribution is 2.42. The molecule has 1 aliphatic carbocycles. The Bertz CT molecular complexity index is 483. The monoisotopic (exact) mass is 324 g/mol. The number of nitrogens with zero attached hydrogens (tertiary/aromatic N) is 1. The van der Waals surface area contributed by atoms with Crippen LogP contribution in [0.25, 0.3) is 0 Å². The molecule has 0 aliphatic heterocycles. The van der Waals surface area contributed by atoms with Gasteiger partial charge in [-0.1, -0.05) is 28.4 Å². The Labute approximate surface area is 123 Å². The summed E-state index contributed by atoms with van der Waals surface area (Å²) >= 11 is 3.48. The number of rotatable bonds is 4. The van der Waals surface area contributed by atoms with Crippen LogP contribution in [0.15, 0.2) is 22.7 Å². The van der Waals surface area contributed by atoms with Crippen LogP contribution in [0.4, 0.5) is 5.69 Å². The van der Waals surface area contributed by atoms with Crippen LogP contribution in [0.1, 0.15) is 24.8 Å². The van der Waals surface area contributed by atoms with Crippen molar-refractivity contribution in [3.05, 3.63) is 28.2 Å². The highest BCUT2D eigenvalue weighted by Gasteiger charge is 2.45. The first kappa shape index (κ1) is 14.5. The first-order chi connectivity index (χ1) is 9.00. The molecule has 1 aliphatic rings. The van der Waals surface area contributed by atoms with E-state index in [2.05, 4.69) is 21.2 Å². The summed E-state index contributed by atoms with van der Waals surface area (Å²) in [6.07, 6.45) is 3.13. The first-order valence-corrected chi connectivity index (χ1v) is 7.48. The summed E-state index contributed by atoms with van der Waals surface area (Å²) in [6.45, 7) is 2.81. The van der Waals surface area contributed by atoms with Crippen LogP contribution >= 0.6 is 15.9 Å². The van der Waals surface area contributed by atoms with Crippen LogP contribution in [-0.2, 0) is 4.79 Å². The number of benzene rings is 1. The van der Waals surface area contributed by atoms with E-state index >= 15 is 0 Å². The van der Waals surface area contributed by atoms with Crippen LogP contribution in [0.3, 0.4) is 0 Å². The molecule has 104 valence electrons. The molecule has 0 spiro atoms. The lowest BCUT2D eigenvalue weighted by Crippen LogP contribution is -2.51. The van der Waals surface area contributed by atoms with E-state index in [1.54, 1.807) is 0 Å². The first-order valence-electron chi connectivity index (χ1n) is 6.69. The van der Waals surface area contributed by atoms with Gasteiger partial charge in [0.05, 0.1) is 5.41 Å². The lowest BCUT2D eigenvalue weighted by atomic mass is 9.67. The Kier molecular flexibility index (Phi) is 4.31. The maximum absolute atomic E-state index is 12.8. The number of amides is 1. The lowest BCUT2D eigenvalue weighted by Gasteiger charge is -2.42. The predicted octanol–water partition coefficient (Wildman–Crippen LogP) is 3.11. The Morgan fingerprint density at radius 2 is 2.16 bits per heavy atom. The highest BCUT2D eigenvalue weighted by atomic mass is 79.9. The summed E-state index contributed by atoms with van der Waals surface area (Å²) in [7, 11) is 3.80. The Balaban J connectivity index is 2.25. The van der Waals surface area contributed by atoms with Gasteiger partial charge in [-0.2, -0.15) is 0 Å². The maximum Gasteiger partial charge on any atom is 0.234 e. The molecule has 0 heterocycles. The van der Waals surface area contributed by atoms with Crippen LogP contribution in [0, 0.1) is 12.3 Å². The molecule has 0 aromatic heterocycles. The minimum absolute atomic E-state index is 0.196. The van der Waals surface area contributed by atoms with Crippen LogP contribution in [0.5, 0.6) is 0 Å². The molecule has 1 N–H and O–H groups in total. The molecule has 0 unspecified atom stereocenters. The molecule has 19 heavy (non-hydrogen) atoms. The zero-order valence-electron chi connectivity index (χ0n) is 11.8. The van der Waals surface area contributed by atoms with Crippen molar-refractivity contribution in [3.8, 4) is 0 Å². The summed E-state index contributed by atoms with van der Waals surface area (Å²) in [5.74, 6) is 0.231. The Hall–Kier alpha value is -0.870. The largest absolute Gasteiger partial charge is 0.319 e. The topological polar surface area (TPSA) is 32.3 Å². The van der Waals surface area contributed by atoms with Crippen molar-refractivity contribution >= 4 is 27.5 Å². The van der Waals surface area contributed by atoms with Gasteiger partial charge in [-0.05, 0) is 44.5 Å². The van der Waals surface area contributed by atoms with Crippen molar-refractivity contribution in [2.24, 2.45) is 5.41 Å². The van der Waals surface area contributed by atoms with Gasteiger partial charge in [-0.25, -0.2) is 0 Å². The molecule has 1 amide bonds. The van der Waals surface area contributed by atoms with Gasteiger partial charge in [0.15, 0.2) is 0 Å². The number of hydrogen-bond acceptors (Lipinski definition) is 2. The Morgan fingerprint density at radius 1 is 1.47 bits per heavy atom. The van der Waals surface area contributed by atoms with E-state index in [0.717, 1.165) is 41.5 Å². The smallest absolute Gasteiger partial charge is 0.234 e. The molecule has 4 heteroatoms. The number of carbonyl (C=O) groups is 1. The van der Waals surface area contributed by atoms with Gasteiger partial charge in [0.2, 0.25) is 5.91 Å². The van der Waals surface area contributed by atoms with Crippen molar-refractivity contribution in [2.75, 3.05) is 25.5 Å². The van der Waals surface area contributed by atoms with Gasteiger partial charge in [0, 0.05) is 23.8 Å². The third-order valence-electron chi connectivity index (χ3n) is 4.12. The maximum atomic E-state index is 12.8. The third kappa shape index (κ3) is 2.70. The highest BCUT2D eigenvalue weighted by molar-refractivity contribution is 9.10. The second kappa shape index (κ2) is 5.63. The number of aryl methyl sites for hydroxylation is 1. The van der Waals surface area contributed by atoms with E-state index in [-0.39, 0.29) is 11.3 Å². The molecule has 0 bridgehead atoms. The molecule has 3 nitrogen and oxygen atoms in total. The van der Waals surface area contributed by atoms with E-state index in [4.69, 9.17) is 0 Å². The normalized spacial score (nSPS) is 16.8. The number of carbonyl (C=O) groups excluding carboxylic acids is 1. The SMILES string of the molecule is CNCC1(C(=O)N(C)c2cc(Br)ccc2C)CCC1. The molecule has 1 saturated carbocycles. The second-order valence-corrected chi connectivity index (χ2v) is 6.37. The fourth-order valence-electron chi connectivity index (χ4n) is 2.82. The second-order valence-electron chi connectivity index (χ2n) is 5.46. The van der Waals surface area contributed by atoms with Gasteiger partial charge < -0.3 is 10.2 Å². The fraction of sp³-hybridized carbons (Fsp3) is 0.533. The minimum Gasteiger partial charge on any atom is -0.319 e. The summed E-state index contributed by atoms with van der Waals surface area (Å²) in [6, 6.07) is 6.05. The van der Waals surface area contributed by atoms with Crippen molar-refractivity contribution in [3.63, 3.8) is 0 Å². The Morgan fingerprint density at radius 3 is 2.68 bits per heavy atom. The number of anilines is 1. The van der Waals surface area contributed by atoms with Crippen molar-refractivity contribution in [2.45, 2.75) is 26.2 Å². The quantitative estimate of drug-likeness (QED) is 0.922. The fourth-order valence-corrected chi connectivity index (χ4v) is 3.17. The molecule has 0 radical (unpaired) electrons. The molecule has 2 rings (SSSR count). The van der Waals surface area contributed by atoms with E-state index in [9.17, 15) is 4.79 Å². The standard InChI is InChI=1S/C15H21BrN2O/c1-11-5-6-12(16)9-13(11)18(3)14(19)15(10-17-2)7-4-8-15/h5-6,9,17H,4,7-8,10H2,1-3H3. The zero-order valence-corrected chi connectivity index (χ0v) is 13.4. The van der Waals surface area contributed by atoms with E-state index in [0.29, 0.717) is 0 Å². The van der Waals surface area contributed by atoms with Crippen LogP contribution < -0.4 is 10.2 Å². The summed E-state index contributed by atoms with van der Waals surface area (Å²) in [5, 5.41) is 3.17. The predicted molar refractivity (Wildman–Crippen MR) is 82.5 cm³/mol. The summed E-state index contributed by atoms with van der Waals surface area (Å²) in [5.41, 5.74) is 1.91. The van der Waals surface area contributed by atoms with Crippen molar-refractivity contribution in [1.82, 2.24) is 5.32 Å².